The van der Waals surface area contributed by atoms with Crippen LogP contribution >= 0.6 is 11.3 Å². The van der Waals surface area contributed by atoms with Crippen LogP contribution < -0.4 is 24.4 Å². The van der Waals surface area contributed by atoms with E-state index in [1.165, 1.54) is 22.0 Å². The Hall–Kier alpha value is -4.23. The Morgan fingerprint density at radius 2 is 1.65 bits per heavy atom. The van der Waals surface area contributed by atoms with Gasteiger partial charge in [-0.15, -0.1) is 11.3 Å². The van der Waals surface area contributed by atoms with Crippen LogP contribution in [0.25, 0.3) is 12.2 Å². The minimum atomic E-state index is -0.621. The van der Waals surface area contributed by atoms with Gasteiger partial charge in [-0.3, -0.25) is 19.0 Å². The number of fused-ring (bicyclic) bond motifs is 1. The maximum Gasteiger partial charge on any atom is 0.269 e. The first-order valence-electron chi connectivity index (χ1n) is 13.3. The molecule has 1 aliphatic rings. The molecule has 0 aliphatic carbocycles. The van der Waals surface area contributed by atoms with Crippen LogP contribution in [0.3, 0.4) is 0 Å². The zero-order chi connectivity index (χ0) is 28.3. The Morgan fingerprint density at radius 1 is 0.950 bits per heavy atom. The largest absolute Gasteiger partial charge is 0.488 e. The Bertz CT molecular complexity index is 1730. The average molecular weight is 553 g/mol. The van der Waals surface area contributed by atoms with Gasteiger partial charge >= 0.3 is 0 Å². The van der Waals surface area contributed by atoms with Crippen molar-refractivity contribution in [1.29, 1.82) is 0 Å². The maximum absolute atomic E-state index is 13.7. The fourth-order valence-electron chi connectivity index (χ4n) is 4.55. The number of hydrogen-bond donors (Lipinski definition) is 0. The number of para-hydroxylation sites is 2. The van der Waals surface area contributed by atoms with Crippen LogP contribution in [0.5, 0.6) is 5.75 Å². The number of benzene rings is 3. The molecule has 0 unspecified atom stereocenters. The maximum atomic E-state index is 13.7. The number of ether oxygens (including phenoxy) is 1. The van der Waals surface area contributed by atoms with Crippen molar-refractivity contribution < 1.29 is 14.3 Å². The van der Waals surface area contributed by atoms with E-state index in [-0.39, 0.29) is 23.8 Å². The molecule has 1 aromatic heterocycles. The molecular weight excluding hydrogens is 520 g/mol. The van der Waals surface area contributed by atoms with Gasteiger partial charge in [0.2, 0.25) is 5.91 Å². The number of rotatable bonds is 7. The van der Waals surface area contributed by atoms with Gasteiger partial charge in [0, 0.05) is 29.3 Å². The summed E-state index contributed by atoms with van der Waals surface area (Å²) < 4.78 is 8.40. The topological polar surface area (TPSA) is 68.6 Å². The Labute approximate surface area is 237 Å². The lowest BCUT2D eigenvalue weighted by molar-refractivity contribution is -0.120. The average Bonchev–Trinajstić information content (AvgIpc) is 3.50. The van der Waals surface area contributed by atoms with E-state index in [0.717, 1.165) is 28.8 Å². The zero-order valence-corrected chi connectivity index (χ0v) is 23.7. The summed E-state index contributed by atoms with van der Waals surface area (Å²) in [5.41, 5.74) is 2.85. The molecule has 6 nitrogen and oxygen atoms in total. The minimum Gasteiger partial charge on any atom is -0.488 e. The summed E-state index contributed by atoms with van der Waals surface area (Å²) in [4.78, 5) is 41.8. The van der Waals surface area contributed by atoms with Gasteiger partial charge in [-0.1, -0.05) is 87.5 Å². The predicted molar refractivity (Wildman–Crippen MR) is 160 cm³/mol. The van der Waals surface area contributed by atoms with E-state index >= 15 is 0 Å². The molecule has 0 bridgehead atoms. The summed E-state index contributed by atoms with van der Waals surface area (Å²) in [6.07, 6.45) is 4.05. The molecule has 204 valence electrons. The smallest absolute Gasteiger partial charge is 0.269 e. The number of Topliss-reactive ketones (excluding diaryl/α,β-unsaturated/α-hetero) is 1. The lowest BCUT2D eigenvalue weighted by atomic mass is 9.91. The highest BCUT2D eigenvalue weighted by Crippen LogP contribution is 2.27. The highest BCUT2D eigenvalue weighted by atomic mass is 32.1. The van der Waals surface area contributed by atoms with Crippen molar-refractivity contribution in [2.24, 2.45) is 5.41 Å². The third-order valence-corrected chi connectivity index (χ3v) is 7.91. The number of carbonyl (C=O) groups excluding carboxylic acids is 2. The van der Waals surface area contributed by atoms with Crippen LogP contribution in [0.1, 0.15) is 37.5 Å². The molecule has 3 aromatic carbocycles. The van der Waals surface area contributed by atoms with Gasteiger partial charge in [0.1, 0.15) is 23.6 Å². The molecule has 0 saturated heterocycles. The van der Waals surface area contributed by atoms with Crippen LogP contribution in [0.15, 0.2) is 83.7 Å². The Kier molecular flexibility index (Phi) is 7.85. The summed E-state index contributed by atoms with van der Waals surface area (Å²) in [6.45, 7) is 6.32. The first-order valence-corrected chi connectivity index (χ1v) is 14.1. The highest BCUT2D eigenvalue weighted by molar-refractivity contribution is 7.07. The third kappa shape index (κ3) is 6.00. The van der Waals surface area contributed by atoms with Gasteiger partial charge < -0.3 is 9.64 Å². The number of thiazole rings is 1. The zero-order valence-electron chi connectivity index (χ0n) is 22.9. The van der Waals surface area contributed by atoms with Crippen molar-refractivity contribution in [1.82, 2.24) is 4.57 Å². The van der Waals surface area contributed by atoms with Crippen LogP contribution in [0.4, 0.5) is 5.69 Å². The molecule has 7 heteroatoms. The van der Waals surface area contributed by atoms with E-state index in [1.807, 2.05) is 99.6 Å². The molecule has 0 N–H and O–H groups in total. The van der Waals surface area contributed by atoms with Crippen molar-refractivity contribution in [2.45, 2.75) is 40.3 Å². The normalized spacial score (nSPS) is 13.9. The summed E-state index contributed by atoms with van der Waals surface area (Å²) in [7, 11) is 0. The fraction of sp³-hybridized carbons (Fsp3) is 0.242. The van der Waals surface area contributed by atoms with Crippen LogP contribution in [0.2, 0.25) is 0 Å². The first-order chi connectivity index (χ1) is 19.2. The van der Waals surface area contributed by atoms with Gasteiger partial charge in [-0.05, 0) is 35.8 Å². The van der Waals surface area contributed by atoms with E-state index in [0.29, 0.717) is 28.1 Å². The molecule has 5 rings (SSSR count). The molecule has 40 heavy (non-hydrogen) atoms. The van der Waals surface area contributed by atoms with Crippen LogP contribution in [-0.2, 0) is 29.2 Å². The van der Waals surface area contributed by atoms with Crippen molar-refractivity contribution in [3.05, 3.63) is 115 Å². The number of amides is 1. The molecule has 0 fully saturated rings. The van der Waals surface area contributed by atoms with E-state index in [1.54, 1.807) is 11.0 Å². The van der Waals surface area contributed by atoms with Gasteiger partial charge in [0.25, 0.3) is 5.56 Å². The van der Waals surface area contributed by atoms with Crippen LogP contribution in [0, 0.1) is 5.41 Å². The van der Waals surface area contributed by atoms with Crippen LogP contribution in [-0.4, -0.2) is 22.8 Å². The molecule has 2 heterocycles. The predicted octanol–water partition coefficient (Wildman–Crippen LogP) is 4.30. The number of carbonyl (C=O) groups is 2. The second kappa shape index (κ2) is 11.5. The number of anilines is 1. The second-order valence-electron chi connectivity index (χ2n) is 10.8. The Morgan fingerprint density at radius 3 is 2.42 bits per heavy atom. The molecular formula is C33H32N2O4S. The van der Waals surface area contributed by atoms with Gasteiger partial charge in [-0.25, -0.2) is 0 Å². The summed E-state index contributed by atoms with van der Waals surface area (Å²) in [5, 5.41) is 0. The molecule has 0 saturated carbocycles. The quantitative estimate of drug-likeness (QED) is 0.343. The number of nitrogens with zero attached hydrogens (tertiary/aromatic N) is 2. The van der Waals surface area contributed by atoms with Crippen molar-refractivity contribution in [3.63, 3.8) is 0 Å². The van der Waals surface area contributed by atoms with Gasteiger partial charge in [0.15, 0.2) is 5.78 Å². The molecule has 0 atom stereocenters. The van der Waals surface area contributed by atoms with E-state index in [4.69, 9.17) is 4.74 Å². The van der Waals surface area contributed by atoms with Crippen molar-refractivity contribution >= 4 is 40.9 Å². The monoisotopic (exact) mass is 552 g/mol. The SMILES string of the molecule is CC(C)(C)C(=O)C=c1sc(=Cc2ccccc2OCc2ccccc2)c(=O)n1CC(=O)N1CCc2ccccc21. The standard InChI is InChI=1S/C33H32N2O4S/c1-33(2,3)29(36)20-31-35(21-30(37)34-18-17-24-13-7-9-15-26(24)34)32(38)28(40-31)19-25-14-8-10-16-27(25)39-22-23-11-5-4-6-12-23/h4-16,19-20H,17-18,21-22H2,1-3H3. The second-order valence-corrected chi connectivity index (χ2v) is 11.9. The van der Waals surface area contributed by atoms with E-state index < -0.39 is 5.41 Å². The van der Waals surface area contributed by atoms with Crippen molar-refractivity contribution in [2.75, 3.05) is 11.4 Å². The number of ketones is 1. The number of aromatic nitrogens is 1. The highest BCUT2D eigenvalue weighted by Gasteiger charge is 2.25. The van der Waals surface area contributed by atoms with Gasteiger partial charge in [-0.2, -0.15) is 0 Å². The van der Waals surface area contributed by atoms with E-state index in [9.17, 15) is 14.4 Å². The summed E-state index contributed by atoms with van der Waals surface area (Å²) in [6, 6.07) is 25.2. The van der Waals surface area contributed by atoms with Crippen molar-refractivity contribution in [3.8, 4) is 5.75 Å². The minimum absolute atomic E-state index is 0.111. The molecule has 4 aromatic rings. The lowest BCUT2D eigenvalue weighted by Gasteiger charge is -2.17. The molecule has 0 radical (unpaired) electrons. The van der Waals surface area contributed by atoms with E-state index in [2.05, 4.69) is 0 Å². The summed E-state index contributed by atoms with van der Waals surface area (Å²) in [5.74, 6) is 0.354. The Balaban J connectivity index is 1.53. The summed E-state index contributed by atoms with van der Waals surface area (Å²) >= 11 is 1.21. The molecule has 1 amide bonds. The lowest BCUT2D eigenvalue weighted by Crippen LogP contribution is -2.40. The number of hydrogen-bond acceptors (Lipinski definition) is 5. The molecule has 1 aliphatic heterocycles. The fourth-order valence-corrected chi connectivity index (χ4v) is 5.58. The first kappa shape index (κ1) is 27.3. The van der Waals surface area contributed by atoms with Gasteiger partial charge in [0.05, 0.1) is 4.53 Å². The third-order valence-electron chi connectivity index (χ3n) is 6.85. The molecule has 0 spiro atoms.